The number of benzene rings is 2. The van der Waals surface area contributed by atoms with Crippen LogP contribution in [0.25, 0.3) is 5.69 Å². The lowest BCUT2D eigenvalue weighted by atomic mass is 10.1. The summed E-state index contributed by atoms with van der Waals surface area (Å²) in [6.45, 7) is 2.01. The Labute approximate surface area is 174 Å². The quantitative estimate of drug-likeness (QED) is 0.627. The van der Waals surface area contributed by atoms with E-state index in [-0.39, 0.29) is 11.9 Å². The van der Waals surface area contributed by atoms with Crippen LogP contribution in [-0.2, 0) is 0 Å². The fraction of sp³-hybridized carbons (Fsp3) is 0.273. The van der Waals surface area contributed by atoms with Gasteiger partial charge in [-0.2, -0.15) is 0 Å². The summed E-state index contributed by atoms with van der Waals surface area (Å²) in [6, 6.07) is 16.2. The van der Waals surface area contributed by atoms with E-state index in [9.17, 15) is 4.79 Å². The van der Waals surface area contributed by atoms with Crippen molar-refractivity contribution in [1.29, 1.82) is 0 Å². The Bertz CT molecular complexity index is 902. The monoisotopic (exact) mass is 409 g/mol. The first-order valence-corrected chi connectivity index (χ1v) is 11.5. The van der Waals surface area contributed by atoms with E-state index in [0.29, 0.717) is 10.1 Å². The molecule has 6 heteroatoms. The SMILES string of the molecule is CC(NC(=O)c1ccc(C2SCCCS2)cc1)c1ccc(-n2ccnc2)cc1. The van der Waals surface area contributed by atoms with E-state index in [0.717, 1.165) is 11.3 Å². The van der Waals surface area contributed by atoms with Crippen LogP contribution in [0.4, 0.5) is 0 Å². The van der Waals surface area contributed by atoms with E-state index in [1.165, 1.54) is 23.5 Å². The first-order chi connectivity index (χ1) is 13.7. The molecule has 0 bridgehead atoms. The van der Waals surface area contributed by atoms with Gasteiger partial charge in [0.1, 0.15) is 0 Å². The summed E-state index contributed by atoms with van der Waals surface area (Å²) in [5, 5.41) is 3.10. The third kappa shape index (κ3) is 4.45. The molecule has 0 radical (unpaired) electrons. The first-order valence-electron chi connectivity index (χ1n) is 9.43. The molecule has 28 heavy (non-hydrogen) atoms. The molecule has 1 saturated heterocycles. The maximum absolute atomic E-state index is 12.6. The molecule has 1 atom stereocenters. The maximum Gasteiger partial charge on any atom is 0.251 e. The third-order valence-corrected chi connectivity index (χ3v) is 7.83. The van der Waals surface area contributed by atoms with Crippen molar-refractivity contribution in [3.63, 3.8) is 0 Å². The number of carbonyl (C=O) groups is 1. The number of hydrogen-bond acceptors (Lipinski definition) is 4. The van der Waals surface area contributed by atoms with Crippen molar-refractivity contribution in [1.82, 2.24) is 14.9 Å². The number of thioether (sulfide) groups is 2. The Hall–Kier alpha value is -2.18. The molecule has 1 amide bonds. The topological polar surface area (TPSA) is 46.9 Å². The maximum atomic E-state index is 12.6. The molecule has 1 aliphatic rings. The highest BCUT2D eigenvalue weighted by atomic mass is 32.2. The summed E-state index contributed by atoms with van der Waals surface area (Å²) in [7, 11) is 0. The van der Waals surface area contributed by atoms with E-state index in [4.69, 9.17) is 0 Å². The molecular formula is C22H23N3OS2. The van der Waals surface area contributed by atoms with Gasteiger partial charge in [0.2, 0.25) is 0 Å². The zero-order chi connectivity index (χ0) is 19.3. The number of amides is 1. The normalized spacial score (nSPS) is 15.9. The first kappa shape index (κ1) is 19.2. The molecule has 0 saturated carbocycles. The van der Waals surface area contributed by atoms with Crippen molar-refractivity contribution in [3.8, 4) is 5.69 Å². The lowest BCUT2D eigenvalue weighted by molar-refractivity contribution is 0.0940. The van der Waals surface area contributed by atoms with E-state index in [2.05, 4.69) is 22.4 Å². The summed E-state index contributed by atoms with van der Waals surface area (Å²) in [5.41, 5.74) is 4.13. The molecule has 1 aromatic heterocycles. The highest BCUT2D eigenvalue weighted by Gasteiger charge is 2.17. The highest BCUT2D eigenvalue weighted by molar-refractivity contribution is 8.16. The number of carbonyl (C=O) groups excluding carboxylic acids is 1. The second-order valence-corrected chi connectivity index (χ2v) is 9.53. The zero-order valence-electron chi connectivity index (χ0n) is 15.7. The van der Waals surface area contributed by atoms with Crippen LogP contribution in [-0.4, -0.2) is 27.0 Å². The van der Waals surface area contributed by atoms with Crippen LogP contribution < -0.4 is 5.32 Å². The Balaban J connectivity index is 1.38. The minimum Gasteiger partial charge on any atom is -0.346 e. The Morgan fingerprint density at radius 2 is 1.82 bits per heavy atom. The molecule has 4 rings (SSSR count). The fourth-order valence-electron chi connectivity index (χ4n) is 3.18. The number of rotatable bonds is 5. The van der Waals surface area contributed by atoms with E-state index < -0.39 is 0 Å². The number of hydrogen-bond donors (Lipinski definition) is 1. The van der Waals surface area contributed by atoms with E-state index >= 15 is 0 Å². The van der Waals surface area contributed by atoms with Crippen LogP contribution in [0, 0.1) is 0 Å². The fourth-order valence-corrected chi connectivity index (χ4v) is 6.08. The average molecular weight is 410 g/mol. The molecule has 1 fully saturated rings. The summed E-state index contributed by atoms with van der Waals surface area (Å²) < 4.78 is 2.45. The van der Waals surface area contributed by atoms with Gasteiger partial charge in [-0.25, -0.2) is 4.98 Å². The lowest BCUT2D eigenvalue weighted by Crippen LogP contribution is -2.26. The molecule has 4 nitrogen and oxygen atoms in total. The van der Waals surface area contributed by atoms with E-state index in [1.54, 1.807) is 12.5 Å². The summed E-state index contributed by atoms with van der Waals surface area (Å²) in [4.78, 5) is 16.7. The smallest absolute Gasteiger partial charge is 0.251 e. The van der Waals surface area contributed by atoms with Gasteiger partial charge in [0.05, 0.1) is 17.0 Å². The van der Waals surface area contributed by atoms with Crippen LogP contribution in [0.15, 0.2) is 67.3 Å². The summed E-state index contributed by atoms with van der Waals surface area (Å²) >= 11 is 3.99. The Morgan fingerprint density at radius 3 is 2.46 bits per heavy atom. The van der Waals surface area contributed by atoms with Gasteiger partial charge >= 0.3 is 0 Å². The molecule has 2 heterocycles. The van der Waals surface area contributed by atoms with Crippen molar-refractivity contribution in [3.05, 3.63) is 83.9 Å². The Kier molecular flexibility index (Phi) is 6.07. The van der Waals surface area contributed by atoms with Gasteiger partial charge in [-0.3, -0.25) is 4.79 Å². The molecule has 3 aromatic rings. The largest absolute Gasteiger partial charge is 0.346 e. The molecule has 1 aliphatic heterocycles. The van der Waals surface area contributed by atoms with Gasteiger partial charge in [0.25, 0.3) is 5.91 Å². The minimum atomic E-state index is -0.0616. The predicted molar refractivity (Wildman–Crippen MR) is 118 cm³/mol. The van der Waals surface area contributed by atoms with Crippen LogP contribution in [0.5, 0.6) is 0 Å². The van der Waals surface area contributed by atoms with Crippen LogP contribution in [0.1, 0.15) is 45.5 Å². The highest BCUT2D eigenvalue weighted by Crippen LogP contribution is 2.43. The number of nitrogens with zero attached hydrogens (tertiary/aromatic N) is 2. The number of imidazole rings is 1. The molecule has 0 spiro atoms. The minimum absolute atomic E-state index is 0.0401. The molecular weight excluding hydrogens is 386 g/mol. The van der Waals surface area contributed by atoms with Crippen LogP contribution in [0.3, 0.4) is 0 Å². The van der Waals surface area contributed by atoms with Gasteiger partial charge in [-0.15, -0.1) is 23.5 Å². The molecule has 0 aliphatic carbocycles. The van der Waals surface area contributed by atoms with Crippen LogP contribution in [0.2, 0.25) is 0 Å². The molecule has 1 unspecified atom stereocenters. The van der Waals surface area contributed by atoms with Gasteiger partial charge in [0, 0.05) is 23.6 Å². The third-order valence-electron chi connectivity index (χ3n) is 4.82. The van der Waals surface area contributed by atoms with Gasteiger partial charge < -0.3 is 9.88 Å². The van der Waals surface area contributed by atoms with Crippen molar-refractivity contribution in [2.75, 3.05) is 11.5 Å². The van der Waals surface area contributed by atoms with Crippen molar-refractivity contribution < 1.29 is 4.79 Å². The van der Waals surface area contributed by atoms with Crippen molar-refractivity contribution >= 4 is 29.4 Å². The molecule has 1 N–H and O–H groups in total. The summed E-state index contributed by atoms with van der Waals surface area (Å²) in [6.07, 6.45) is 6.73. The van der Waals surface area contributed by atoms with Crippen molar-refractivity contribution in [2.45, 2.75) is 24.0 Å². The Morgan fingerprint density at radius 1 is 1.11 bits per heavy atom. The predicted octanol–water partition coefficient (Wildman–Crippen LogP) is 5.23. The summed E-state index contributed by atoms with van der Waals surface area (Å²) in [5.74, 6) is 2.40. The standard InChI is InChI=1S/C22H23N3OS2/c1-16(17-7-9-20(10-8-17)25-12-11-23-15-25)24-21(26)18-3-5-19(6-4-18)22-27-13-2-14-28-22/h3-12,15-16,22H,2,13-14H2,1H3,(H,24,26). The van der Waals surface area contributed by atoms with Gasteiger partial charge in [-0.05, 0) is 60.2 Å². The molecule has 144 valence electrons. The van der Waals surface area contributed by atoms with Gasteiger partial charge in [0.15, 0.2) is 0 Å². The number of nitrogens with one attached hydrogen (secondary N) is 1. The van der Waals surface area contributed by atoms with Crippen molar-refractivity contribution in [2.24, 2.45) is 0 Å². The molecule has 2 aromatic carbocycles. The average Bonchev–Trinajstić information content (AvgIpc) is 3.29. The lowest BCUT2D eigenvalue weighted by Gasteiger charge is -2.21. The second-order valence-electron chi connectivity index (χ2n) is 6.81. The zero-order valence-corrected chi connectivity index (χ0v) is 17.4. The van der Waals surface area contributed by atoms with E-state index in [1.807, 2.05) is 77.6 Å². The van der Waals surface area contributed by atoms with Crippen LogP contribution >= 0.6 is 23.5 Å². The second kappa shape index (κ2) is 8.88. The van der Waals surface area contributed by atoms with Gasteiger partial charge in [-0.1, -0.05) is 24.3 Å². The number of aromatic nitrogens is 2.